The van der Waals surface area contributed by atoms with Crippen molar-refractivity contribution in [1.29, 1.82) is 0 Å². The van der Waals surface area contributed by atoms with Gasteiger partial charge in [-0.25, -0.2) is 19.4 Å². The summed E-state index contributed by atoms with van der Waals surface area (Å²) in [5.74, 6) is -0.913. The Balaban J connectivity index is 1.73. The number of β-lactam (4-membered cyclic amide) rings is 1. The Hall–Kier alpha value is -4.15. The highest BCUT2D eigenvalue weighted by Crippen LogP contribution is 2.26. The molecule has 1 aromatic heterocycles. The first-order chi connectivity index (χ1) is 18.2. The van der Waals surface area contributed by atoms with Gasteiger partial charge >= 0.3 is 18.2 Å². The lowest BCUT2D eigenvalue weighted by atomic mass is 9.85. The molecule has 0 saturated carbocycles. The van der Waals surface area contributed by atoms with Crippen molar-refractivity contribution in [3.05, 3.63) is 53.7 Å². The van der Waals surface area contributed by atoms with E-state index in [-0.39, 0.29) is 24.8 Å². The minimum atomic E-state index is -0.956. The zero-order chi connectivity index (χ0) is 29.0. The minimum absolute atomic E-state index is 0.0330. The second-order valence-corrected chi connectivity index (χ2v) is 11.1. The van der Waals surface area contributed by atoms with Gasteiger partial charge in [0.2, 0.25) is 5.91 Å². The smallest absolute Gasteiger partial charge is 0.425 e. The lowest BCUT2D eigenvalue weighted by Crippen LogP contribution is -2.63. The standard InChI is InChI=1S/C28H35N3O8/c1-27(2,3)38-25(34)31(26(35)39-28(4,5)6)21-15-18(12-13-29-21)14-20-22(30-23(20)32)24(33)37-16-17-8-10-19(36-7)11-9-17/h8-13,15,20,22H,14,16H2,1-7H3,(H,30,32)/t20-,22-/m0/s1. The Bertz CT molecular complexity index is 1190. The number of rotatable bonds is 7. The molecule has 1 aliphatic heterocycles. The molecule has 3 rings (SSSR count). The van der Waals surface area contributed by atoms with E-state index in [1.165, 1.54) is 12.3 Å². The number of carbonyl (C=O) groups is 4. The average Bonchev–Trinajstić information content (AvgIpc) is 2.83. The summed E-state index contributed by atoms with van der Waals surface area (Å²) in [5, 5.41) is 2.58. The summed E-state index contributed by atoms with van der Waals surface area (Å²) in [5.41, 5.74) is -0.407. The molecule has 3 amide bonds. The highest BCUT2D eigenvalue weighted by Gasteiger charge is 2.45. The number of nitrogens with one attached hydrogen (secondary N) is 1. The van der Waals surface area contributed by atoms with Gasteiger partial charge in [0.15, 0.2) is 0 Å². The molecule has 11 heteroatoms. The van der Waals surface area contributed by atoms with Crippen LogP contribution in [0.5, 0.6) is 5.75 Å². The molecule has 0 unspecified atom stereocenters. The van der Waals surface area contributed by atoms with Crippen molar-refractivity contribution < 1.29 is 38.1 Å². The number of carbonyl (C=O) groups excluding carboxylic acids is 4. The van der Waals surface area contributed by atoms with Gasteiger partial charge in [0.1, 0.15) is 35.4 Å². The van der Waals surface area contributed by atoms with Gasteiger partial charge in [0.25, 0.3) is 0 Å². The van der Waals surface area contributed by atoms with E-state index in [2.05, 4.69) is 10.3 Å². The first kappa shape index (κ1) is 29.4. The maximum Gasteiger partial charge on any atom is 0.425 e. The van der Waals surface area contributed by atoms with Gasteiger partial charge < -0.3 is 24.3 Å². The molecule has 1 N–H and O–H groups in total. The van der Waals surface area contributed by atoms with Gasteiger partial charge in [0.05, 0.1) is 13.0 Å². The maximum absolute atomic E-state index is 12.9. The normalized spacial score (nSPS) is 16.8. The van der Waals surface area contributed by atoms with E-state index in [0.29, 0.717) is 16.2 Å². The lowest BCUT2D eigenvalue weighted by Gasteiger charge is -2.35. The Morgan fingerprint density at radius 1 is 0.923 bits per heavy atom. The molecule has 210 valence electrons. The minimum Gasteiger partial charge on any atom is -0.497 e. The number of amides is 3. The van der Waals surface area contributed by atoms with E-state index in [4.69, 9.17) is 18.9 Å². The van der Waals surface area contributed by atoms with Crippen LogP contribution >= 0.6 is 0 Å². The number of nitrogens with zero attached hydrogens (tertiary/aromatic N) is 2. The molecule has 11 nitrogen and oxygen atoms in total. The molecular formula is C28H35N3O8. The molecule has 1 saturated heterocycles. The Labute approximate surface area is 227 Å². The van der Waals surface area contributed by atoms with Gasteiger partial charge in [-0.2, -0.15) is 4.90 Å². The van der Waals surface area contributed by atoms with E-state index in [1.54, 1.807) is 79.0 Å². The van der Waals surface area contributed by atoms with E-state index >= 15 is 0 Å². The van der Waals surface area contributed by atoms with Crippen LogP contribution in [0.15, 0.2) is 42.6 Å². The summed E-state index contributed by atoms with van der Waals surface area (Å²) < 4.78 is 21.3. The molecule has 0 radical (unpaired) electrons. The van der Waals surface area contributed by atoms with E-state index in [1.807, 2.05) is 0 Å². The maximum atomic E-state index is 12.9. The van der Waals surface area contributed by atoms with Crippen molar-refractivity contribution in [1.82, 2.24) is 10.3 Å². The van der Waals surface area contributed by atoms with Gasteiger partial charge in [-0.1, -0.05) is 12.1 Å². The quantitative estimate of drug-likeness (QED) is 0.311. The molecular weight excluding hydrogens is 506 g/mol. The number of methoxy groups -OCH3 is 1. The number of ether oxygens (including phenoxy) is 4. The fourth-order valence-electron chi connectivity index (χ4n) is 3.66. The number of anilines is 1. The van der Waals surface area contributed by atoms with Crippen molar-refractivity contribution in [3.63, 3.8) is 0 Å². The number of benzene rings is 1. The first-order valence-electron chi connectivity index (χ1n) is 12.5. The predicted molar refractivity (Wildman–Crippen MR) is 141 cm³/mol. The summed E-state index contributed by atoms with van der Waals surface area (Å²) >= 11 is 0. The number of pyridine rings is 1. The predicted octanol–water partition coefficient (Wildman–Crippen LogP) is 4.17. The molecule has 1 aromatic carbocycles. The molecule has 2 aromatic rings. The zero-order valence-corrected chi connectivity index (χ0v) is 23.3. The molecule has 39 heavy (non-hydrogen) atoms. The third kappa shape index (κ3) is 8.17. The molecule has 1 aliphatic rings. The number of aromatic nitrogens is 1. The van der Waals surface area contributed by atoms with E-state index < -0.39 is 41.3 Å². The summed E-state index contributed by atoms with van der Waals surface area (Å²) in [7, 11) is 1.56. The molecule has 0 aliphatic carbocycles. The number of hydrogen-bond donors (Lipinski definition) is 1. The second-order valence-electron chi connectivity index (χ2n) is 11.1. The Kier molecular flexibility index (Phi) is 8.83. The zero-order valence-electron chi connectivity index (χ0n) is 23.3. The molecule has 1 fully saturated rings. The second kappa shape index (κ2) is 11.7. The van der Waals surface area contributed by atoms with Crippen LogP contribution in [-0.2, 0) is 36.8 Å². The largest absolute Gasteiger partial charge is 0.497 e. The van der Waals surface area contributed by atoms with Crippen LogP contribution < -0.4 is 15.0 Å². The number of hydrogen-bond acceptors (Lipinski definition) is 9. The SMILES string of the molecule is COc1ccc(COC(=O)[C@H]2NC(=O)[C@H]2Cc2ccnc(N(C(=O)OC(C)(C)C)C(=O)OC(C)(C)C)c2)cc1. The highest BCUT2D eigenvalue weighted by molar-refractivity contribution is 6.08. The Morgan fingerprint density at radius 3 is 2.03 bits per heavy atom. The van der Waals surface area contributed by atoms with Gasteiger partial charge in [-0.15, -0.1) is 0 Å². The third-order valence-electron chi connectivity index (χ3n) is 5.48. The van der Waals surface area contributed by atoms with Crippen LogP contribution in [0.1, 0.15) is 52.7 Å². The summed E-state index contributed by atoms with van der Waals surface area (Å²) in [6.45, 7) is 10.1. The van der Waals surface area contributed by atoms with E-state index in [0.717, 1.165) is 5.56 Å². The third-order valence-corrected chi connectivity index (χ3v) is 5.48. The van der Waals surface area contributed by atoms with Crippen molar-refractivity contribution >= 4 is 29.9 Å². The van der Waals surface area contributed by atoms with Crippen LogP contribution in [0.25, 0.3) is 0 Å². The van der Waals surface area contributed by atoms with E-state index in [9.17, 15) is 19.2 Å². The molecule has 0 bridgehead atoms. The van der Waals surface area contributed by atoms with Crippen LogP contribution in [-0.4, -0.2) is 53.4 Å². The highest BCUT2D eigenvalue weighted by atomic mass is 16.6. The summed E-state index contributed by atoms with van der Waals surface area (Å²) in [6, 6.07) is 9.37. The molecule has 2 heterocycles. The fraction of sp³-hybridized carbons (Fsp3) is 0.464. The van der Waals surface area contributed by atoms with Gasteiger partial charge in [-0.3, -0.25) is 4.79 Å². The number of esters is 1. The van der Waals surface area contributed by atoms with Crippen molar-refractivity contribution in [3.8, 4) is 5.75 Å². The van der Waals surface area contributed by atoms with Crippen molar-refractivity contribution in [2.75, 3.05) is 12.0 Å². The van der Waals surface area contributed by atoms with Gasteiger partial charge in [-0.05, 0) is 83.4 Å². The Morgan fingerprint density at radius 2 is 1.51 bits per heavy atom. The summed E-state index contributed by atoms with van der Waals surface area (Å²) in [6.07, 6.45) is -0.356. The van der Waals surface area contributed by atoms with Crippen LogP contribution in [0.3, 0.4) is 0 Å². The van der Waals surface area contributed by atoms with Gasteiger partial charge in [0, 0.05) is 6.20 Å². The summed E-state index contributed by atoms with van der Waals surface area (Å²) in [4.78, 5) is 55.8. The monoisotopic (exact) mass is 541 g/mol. The lowest BCUT2D eigenvalue weighted by molar-refractivity contribution is -0.158. The van der Waals surface area contributed by atoms with Crippen LogP contribution in [0, 0.1) is 5.92 Å². The molecule has 2 atom stereocenters. The van der Waals surface area contributed by atoms with Crippen molar-refractivity contribution in [2.24, 2.45) is 5.92 Å². The van der Waals surface area contributed by atoms with Crippen LogP contribution in [0.2, 0.25) is 0 Å². The molecule has 0 spiro atoms. The fourth-order valence-corrected chi connectivity index (χ4v) is 3.66. The average molecular weight is 542 g/mol. The van der Waals surface area contributed by atoms with Crippen LogP contribution in [0.4, 0.5) is 15.4 Å². The number of imide groups is 1. The first-order valence-corrected chi connectivity index (χ1v) is 12.5. The van der Waals surface area contributed by atoms with Crippen molar-refractivity contribution in [2.45, 2.75) is 71.8 Å². The topological polar surface area (TPSA) is 133 Å².